The Labute approximate surface area is 75.9 Å². The Hall–Kier alpha value is -1.07. The zero-order valence-corrected chi connectivity index (χ0v) is 7.46. The van der Waals surface area contributed by atoms with Gasteiger partial charge in [-0.15, -0.1) is 0 Å². The van der Waals surface area contributed by atoms with Crippen LogP contribution in [-0.2, 0) is 17.9 Å². The van der Waals surface area contributed by atoms with Gasteiger partial charge in [-0.05, 0) is 6.92 Å². The van der Waals surface area contributed by atoms with Crippen molar-refractivity contribution in [3.05, 3.63) is 23.5 Å². The smallest absolute Gasteiger partial charge is 0.169 e. The van der Waals surface area contributed by atoms with Crippen LogP contribution in [0.4, 0.5) is 4.39 Å². The molecule has 0 fully saturated rings. The Morgan fingerprint density at radius 3 is 2.77 bits per heavy atom. The van der Waals surface area contributed by atoms with Crippen LogP contribution >= 0.6 is 0 Å². The number of aromatic nitrogens is 2. The lowest BCUT2D eigenvalue weighted by Crippen LogP contribution is -2.08. The second kappa shape index (κ2) is 4.84. The number of rotatable bonds is 4. The van der Waals surface area contributed by atoms with Gasteiger partial charge in [-0.25, -0.2) is 14.4 Å². The van der Waals surface area contributed by atoms with E-state index in [-0.39, 0.29) is 24.5 Å². The van der Waals surface area contributed by atoms with Crippen molar-refractivity contribution in [2.75, 3.05) is 6.61 Å². The maximum Gasteiger partial charge on any atom is 0.169 e. The molecule has 5 heteroatoms. The fourth-order valence-corrected chi connectivity index (χ4v) is 0.890. The molecule has 0 radical (unpaired) electrons. The Bertz CT molecular complexity index is 280. The summed E-state index contributed by atoms with van der Waals surface area (Å²) in [6.45, 7) is 2.61. The summed E-state index contributed by atoms with van der Waals surface area (Å²) in [5.74, 6) is -0.460. The molecule has 0 aliphatic rings. The van der Waals surface area contributed by atoms with E-state index >= 15 is 0 Å². The van der Waals surface area contributed by atoms with Crippen LogP contribution in [0.25, 0.3) is 0 Å². The van der Waals surface area contributed by atoms with Crippen molar-refractivity contribution in [3.63, 3.8) is 0 Å². The summed E-state index contributed by atoms with van der Waals surface area (Å²) in [5, 5.41) is 0. The summed E-state index contributed by atoms with van der Waals surface area (Å²) in [6.07, 6.45) is 1.29. The molecule has 0 saturated carbocycles. The highest BCUT2D eigenvalue weighted by molar-refractivity contribution is 5.10. The van der Waals surface area contributed by atoms with E-state index in [9.17, 15) is 4.39 Å². The number of ether oxygens (including phenoxy) is 1. The van der Waals surface area contributed by atoms with Gasteiger partial charge in [0.05, 0.1) is 12.3 Å². The van der Waals surface area contributed by atoms with Crippen molar-refractivity contribution in [1.82, 2.24) is 9.97 Å². The van der Waals surface area contributed by atoms with E-state index in [1.165, 1.54) is 6.33 Å². The molecule has 1 heterocycles. The van der Waals surface area contributed by atoms with E-state index in [0.717, 1.165) is 0 Å². The standard InChI is InChI=1S/C8H12FN3O/c1-2-13-4-7-8(9)6(3-10)11-5-12-7/h5H,2-4,10H2,1H3. The summed E-state index contributed by atoms with van der Waals surface area (Å²) < 4.78 is 18.3. The average molecular weight is 185 g/mol. The molecule has 0 atom stereocenters. The number of hydrogen-bond acceptors (Lipinski definition) is 4. The summed E-state index contributed by atoms with van der Waals surface area (Å²) in [7, 11) is 0. The number of hydrogen-bond donors (Lipinski definition) is 1. The van der Waals surface area contributed by atoms with E-state index < -0.39 is 5.82 Å². The van der Waals surface area contributed by atoms with Crippen molar-refractivity contribution >= 4 is 0 Å². The number of nitrogens with two attached hydrogens (primary N) is 1. The third kappa shape index (κ3) is 2.43. The van der Waals surface area contributed by atoms with Gasteiger partial charge in [-0.1, -0.05) is 0 Å². The molecule has 1 rings (SSSR count). The minimum absolute atomic E-state index is 0.0769. The first-order chi connectivity index (χ1) is 6.29. The third-order valence-electron chi connectivity index (χ3n) is 1.57. The molecule has 0 saturated heterocycles. The van der Waals surface area contributed by atoms with Crippen LogP contribution < -0.4 is 5.73 Å². The predicted molar refractivity (Wildman–Crippen MR) is 45.2 cm³/mol. The largest absolute Gasteiger partial charge is 0.375 e. The highest BCUT2D eigenvalue weighted by atomic mass is 19.1. The third-order valence-corrected chi connectivity index (χ3v) is 1.57. The van der Waals surface area contributed by atoms with Gasteiger partial charge in [0, 0.05) is 13.2 Å². The molecule has 0 amide bonds. The molecule has 72 valence electrons. The molecular formula is C8H12FN3O. The molecule has 0 aromatic carbocycles. The molecule has 0 aliphatic heterocycles. The van der Waals surface area contributed by atoms with Crippen molar-refractivity contribution in [1.29, 1.82) is 0 Å². The van der Waals surface area contributed by atoms with Crippen LogP contribution in [0.3, 0.4) is 0 Å². The van der Waals surface area contributed by atoms with Crippen LogP contribution in [0.1, 0.15) is 18.3 Å². The minimum atomic E-state index is -0.460. The van der Waals surface area contributed by atoms with Crippen LogP contribution in [0.2, 0.25) is 0 Å². The van der Waals surface area contributed by atoms with Gasteiger partial charge in [-0.3, -0.25) is 0 Å². The molecule has 1 aromatic heterocycles. The monoisotopic (exact) mass is 185 g/mol. The maximum atomic E-state index is 13.3. The molecule has 0 spiro atoms. The van der Waals surface area contributed by atoms with Crippen molar-refractivity contribution < 1.29 is 9.13 Å². The van der Waals surface area contributed by atoms with Crippen molar-refractivity contribution in [2.24, 2.45) is 5.73 Å². The maximum absolute atomic E-state index is 13.3. The second-order valence-electron chi connectivity index (χ2n) is 2.42. The molecule has 13 heavy (non-hydrogen) atoms. The Balaban J connectivity index is 2.81. The van der Waals surface area contributed by atoms with Gasteiger partial charge in [0.15, 0.2) is 5.82 Å². The van der Waals surface area contributed by atoms with Gasteiger partial charge < -0.3 is 10.5 Å². The molecule has 1 aromatic rings. The SMILES string of the molecule is CCOCc1ncnc(CN)c1F. The lowest BCUT2D eigenvalue weighted by molar-refractivity contribution is 0.128. The van der Waals surface area contributed by atoms with Crippen LogP contribution in [0.5, 0.6) is 0 Å². The topological polar surface area (TPSA) is 61.0 Å². The summed E-state index contributed by atoms with van der Waals surface area (Å²) >= 11 is 0. The first-order valence-corrected chi connectivity index (χ1v) is 4.05. The van der Waals surface area contributed by atoms with Gasteiger partial charge in [0.25, 0.3) is 0 Å². The molecule has 0 bridgehead atoms. The van der Waals surface area contributed by atoms with E-state index in [1.54, 1.807) is 0 Å². The van der Waals surface area contributed by atoms with Gasteiger partial charge in [-0.2, -0.15) is 0 Å². The molecule has 0 aliphatic carbocycles. The summed E-state index contributed by atoms with van der Waals surface area (Å²) in [5.41, 5.74) is 5.77. The number of halogens is 1. The lowest BCUT2D eigenvalue weighted by atomic mass is 10.3. The van der Waals surface area contributed by atoms with Crippen LogP contribution in [-0.4, -0.2) is 16.6 Å². The Kier molecular flexibility index (Phi) is 3.72. The highest BCUT2D eigenvalue weighted by Gasteiger charge is 2.08. The molecular weight excluding hydrogens is 173 g/mol. The summed E-state index contributed by atoms with van der Waals surface area (Å²) in [6, 6.07) is 0. The van der Waals surface area contributed by atoms with Gasteiger partial charge in [0.1, 0.15) is 12.0 Å². The molecule has 4 nitrogen and oxygen atoms in total. The average Bonchev–Trinajstić information content (AvgIpc) is 2.16. The van der Waals surface area contributed by atoms with Crippen LogP contribution in [0.15, 0.2) is 6.33 Å². The van der Waals surface area contributed by atoms with E-state index in [4.69, 9.17) is 10.5 Å². The molecule has 0 unspecified atom stereocenters. The summed E-state index contributed by atoms with van der Waals surface area (Å²) in [4.78, 5) is 7.46. The first-order valence-electron chi connectivity index (χ1n) is 4.05. The minimum Gasteiger partial charge on any atom is -0.375 e. The second-order valence-corrected chi connectivity index (χ2v) is 2.42. The predicted octanol–water partition coefficient (Wildman–Crippen LogP) is 0.611. The lowest BCUT2D eigenvalue weighted by Gasteiger charge is -2.04. The Morgan fingerprint density at radius 2 is 2.15 bits per heavy atom. The number of nitrogens with zero attached hydrogens (tertiary/aromatic N) is 2. The fourth-order valence-electron chi connectivity index (χ4n) is 0.890. The van der Waals surface area contributed by atoms with E-state index in [0.29, 0.717) is 6.61 Å². The van der Waals surface area contributed by atoms with Crippen molar-refractivity contribution in [2.45, 2.75) is 20.1 Å². The quantitative estimate of drug-likeness (QED) is 0.746. The van der Waals surface area contributed by atoms with E-state index in [2.05, 4.69) is 9.97 Å². The fraction of sp³-hybridized carbons (Fsp3) is 0.500. The van der Waals surface area contributed by atoms with Gasteiger partial charge >= 0.3 is 0 Å². The first kappa shape index (κ1) is 10.0. The normalized spacial score (nSPS) is 10.4. The van der Waals surface area contributed by atoms with E-state index in [1.807, 2.05) is 6.92 Å². The zero-order valence-electron chi connectivity index (χ0n) is 7.46. The zero-order chi connectivity index (χ0) is 9.68. The van der Waals surface area contributed by atoms with Crippen molar-refractivity contribution in [3.8, 4) is 0 Å². The Morgan fingerprint density at radius 1 is 1.46 bits per heavy atom. The van der Waals surface area contributed by atoms with Gasteiger partial charge in [0.2, 0.25) is 0 Å². The van der Waals surface area contributed by atoms with Crippen LogP contribution in [0, 0.1) is 5.82 Å². The highest BCUT2D eigenvalue weighted by Crippen LogP contribution is 2.07. The molecule has 2 N–H and O–H groups in total.